The highest BCUT2D eigenvalue weighted by molar-refractivity contribution is 5.92. The fourth-order valence-electron chi connectivity index (χ4n) is 1.71. The minimum absolute atomic E-state index is 0.0539. The Bertz CT molecular complexity index is 482. The molecule has 0 aliphatic carbocycles. The average molecular weight is 288 g/mol. The van der Waals surface area contributed by atoms with E-state index in [4.69, 9.17) is 0 Å². The van der Waals surface area contributed by atoms with Crippen LogP contribution in [0.1, 0.15) is 30.9 Å². The van der Waals surface area contributed by atoms with Crippen molar-refractivity contribution in [3.63, 3.8) is 0 Å². The van der Waals surface area contributed by atoms with Gasteiger partial charge in [-0.3, -0.25) is 4.79 Å². The Morgan fingerprint density at radius 3 is 2.30 bits per heavy atom. The van der Waals surface area contributed by atoms with Gasteiger partial charge in [0, 0.05) is 5.69 Å². The van der Waals surface area contributed by atoms with E-state index in [9.17, 15) is 18.0 Å². The smallest absolute Gasteiger partial charge is 0.325 e. The normalized spacial score (nSPS) is 12.1. The number of benzene rings is 1. The highest BCUT2D eigenvalue weighted by atomic mass is 19.4. The molecule has 1 amide bonds. The summed E-state index contributed by atoms with van der Waals surface area (Å²) in [5, 5.41) is 2.50. The van der Waals surface area contributed by atoms with E-state index in [1.165, 1.54) is 0 Å². The zero-order chi connectivity index (χ0) is 15.5. The predicted molar refractivity (Wildman–Crippen MR) is 72.7 cm³/mol. The van der Waals surface area contributed by atoms with Gasteiger partial charge in [-0.1, -0.05) is 13.8 Å². The van der Waals surface area contributed by atoms with Crippen molar-refractivity contribution in [2.24, 2.45) is 0 Å². The van der Waals surface area contributed by atoms with Crippen LogP contribution in [0.2, 0.25) is 0 Å². The minimum Gasteiger partial charge on any atom is -0.325 e. The lowest BCUT2D eigenvalue weighted by Gasteiger charge is -2.15. The molecule has 1 aromatic rings. The second-order valence-electron chi connectivity index (χ2n) is 5.28. The molecule has 112 valence electrons. The third kappa shape index (κ3) is 4.85. The highest BCUT2D eigenvalue weighted by Gasteiger charge is 2.31. The summed E-state index contributed by atoms with van der Waals surface area (Å²) in [6, 6.07) is 3.65. The average Bonchev–Trinajstić information content (AvgIpc) is 2.25. The van der Waals surface area contributed by atoms with Crippen molar-refractivity contribution < 1.29 is 18.0 Å². The number of nitrogens with one attached hydrogen (secondary N) is 1. The van der Waals surface area contributed by atoms with Crippen LogP contribution in [0.15, 0.2) is 18.2 Å². The number of carbonyl (C=O) groups excluding carboxylic acids is 1. The molecule has 0 atom stereocenters. The Hall–Kier alpha value is -1.56. The van der Waals surface area contributed by atoms with Crippen molar-refractivity contribution in [1.82, 2.24) is 4.90 Å². The number of likely N-dealkylation sites (N-methyl/N-ethyl adjacent to an activating group) is 1. The summed E-state index contributed by atoms with van der Waals surface area (Å²) in [5.41, 5.74) is -0.0285. The topological polar surface area (TPSA) is 32.3 Å². The molecular formula is C14H19F3N2O. The molecule has 1 rings (SSSR count). The van der Waals surface area contributed by atoms with E-state index in [1.807, 2.05) is 0 Å². The number of nitrogens with zero attached hydrogens (tertiary/aromatic N) is 1. The van der Waals surface area contributed by atoms with Crippen LogP contribution in [0, 0.1) is 0 Å². The first-order valence-corrected chi connectivity index (χ1v) is 6.26. The zero-order valence-electron chi connectivity index (χ0n) is 12.0. The quantitative estimate of drug-likeness (QED) is 0.921. The van der Waals surface area contributed by atoms with Gasteiger partial charge in [0.25, 0.3) is 0 Å². The van der Waals surface area contributed by atoms with E-state index in [1.54, 1.807) is 38.9 Å². The fraction of sp³-hybridized carbons (Fsp3) is 0.500. The molecule has 0 aliphatic heterocycles. The van der Waals surface area contributed by atoms with Gasteiger partial charge in [-0.15, -0.1) is 0 Å². The number of rotatable bonds is 4. The van der Waals surface area contributed by atoms with Crippen molar-refractivity contribution >= 4 is 11.6 Å². The number of anilines is 1. The zero-order valence-corrected chi connectivity index (χ0v) is 12.0. The first-order chi connectivity index (χ1) is 9.09. The maximum Gasteiger partial charge on any atom is 0.416 e. The Kier molecular flexibility index (Phi) is 5.16. The van der Waals surface area contributed by atoms with E-state index >= 15 is 0 Å². The van der Waals surface area contributed by atoms with Gasteiger partial charge in [0.15, 0.2) is 0 Å². The first-order valence-electron chi connectivity index (χ1n) is 6.26. The summed E-state index contributed by atoms with van der Waals surface area (Å²) in [4.78, 5) is 13.3. The van der Waals surface area contributed by atoms with Crippen molar-refractivity contribution in [3.05, 3.63) is 29.3 Å². The first kappa shape index (κ1) is 16.5. The van der Waals surface area contributed by atoms with Gasteiger partial charge in [0.05, 0.1) is 12.1 Å². The summed E-state index contributed by atoms with van der Waals surface area (Å²) in [5.74, 6) is -0.397. The Balaban J connectivity index is 3.07. The molecule has 0 aliphatic rings. The molecule has 0 saturated carbocycles. The number of carbonyl (C=O) groups is 1. The Labute approximate surface area is 116 Å². The number of amides is 1. The van der Waals surface area contributed by atoms with E-state index in [-0.39, 0.29) is 24.1 Å². The molecule has 0 radical (unpaired) electrons. The molecule has 6 heteroatoms. The lowest BCUT2D eigenvalue weighted by molar-refractivity contribution is -0.137. The predicted octanol–water partition coefficient (Wildman–Crippen LogP) is 3.33. The summed E-state index contributed by atoms with van der Waals surface area (Å²) in [7, 11) is 3.43. The van der Waals surface area contributed by atoms with Crippen molar-refractivity contribution in [2.45, 2.75) is 25.9 Å². The Morgan fingerprint density at radius 1 is 1.25 bits per heavy atom. The largest absolute Gasteiger partial charge is 0.416 e. The SMILES string of the molecule is CC(C)c1cc(NC(=O)CN(C)C)cc(C(F)(F)F)c1. The summed E-state index contributed by atoms with van der Waals surface area (Å²) >= 11 is 0. The summed E-state index contributed by atoms with van der Waals surface area (Å²) < 4.78 is 38.5. The molecule has 0 fully saturated rings. The van der Waals surface area contributed by atoms with Crippen LogP contribution in [0.25, 0.3) is 0 Å². The van der Waals surface area contributed by atoms with Crippen LogP contribution in [0.4, 0.5) is 18.9 Å². The third-order valence-corrected chi connectivity index (χ3v) is 2.69. The van der Waals surface area contributed by atoms with E-state index in [2.05, 4.69) is 5.32 Å². The molecule has 1 N–H and O–H groups in total. The second kappa shape index (κ2) is 6.26. The van der Waals surface area contributed by atoms with Crippen LogP contribution >= 0.6 is 0 Å². The number of halogens is 3. The van der Waals surface area contributed by atoms with Crippen LogP contribution in [-0.2, 0) is 11.0 Å². The molecule has 0 aromatic heterocycles. The lowest BCUT2D eigenvalue weighted by Crippen LogP contribution is -2.27. The maximum atomic E-state index is 12.8. The summed E-state index contributed by atoms with van der Waals surface area (Å²) in [6.45, 7) is 3.73. The van der Waals surface area contributed by atoms with Gasteiger partial charge in [-0.2, -0.15) is 13.2 Å². The van der Waals surface area contributed by atoms with Crippen LogP contribution in [0.3, 0.4) is 0 Å². The van der Waals surface area contributed by atoms with E-state index < -0.39 is 11.7 Å². The highest BCUT2D eigenvalue weighted by Crippen LogP contribution is 2.33. The van der Waals surface area contributed by atoms with E-state index in [0.717, 1.165) is 12.1 Å². The van der Waals surface area contributed by atoms with Gasteiger partial charge in [-0.05, 0) is 43.8 Å². The minimum atomic E-state index is -4.42. The third-order valence-electron chi connectivity index (χ3n) is 2.69. The molecular weight excluding hydrogens is 269 g/mol. The number of hydrogen-bond donors (Lipinski definition) is 1. The van der Waals surface area contributed by atoms with Gasteiger partial charge in [0.1, 0.15) is 0 Å². The Morgan fingerprint density at radius 2 is 1.85 bits per heavy atom. The molecule has 3 nitrogen and oxygen atoms in total. The van der Waals surface area contributed by atoms with Crippen molar-refractivity contribution in [3.8, 4) is 0 Å². The number of alkyl halides is 3. The molecule has 0 saturated heterocycles. The van der Waals surface area contributed by atoms with Gasteiger partial charge in [0.2, 0.25) is 5.91 Å². The maximum absolute atomic E-state index is 12.8. The van der Waals surface area contributed by atoms with Gasteiger partial charge >= 0.3 is 6.18 Å². The number of hydrogen-bond acceptors (Lipinski definition) is 2. The van der Waals surface area contributed by atoms with Crippen LogP contribution < -0.4 is 5.32 Å². The molecule has 0 unspecified atom stereocenters. The van der Waals surface area contributed by atoms with Crippen molar-refractivity contribution in [2.75, 3.05) is 26.0 Å². The van der Waals surface area contributed by atoms with Gasteiger partial charge < -0.3 is 10.2 Å². The van der Waals surface area contributed by atoms with Gasteiger partial charge in [-0.25, -0.2) is 0 Å². The molecule has 0 heterocycles. The molecule has 20 heavy (non-hydrogen) atoms. The van der Waals surface area contributed by atoms with Crippen LogP contribution in [-0.4, -0.2) is 31.4 Å². The van der Waals surface area contributed by atoms with E-state index in [0.29, 0.717) is 5.56 Å². The molecule has 1 aromatic carbocycles. The van der Waals surface area contributed by atoms with Crippen molar-refractivity contribution in [1.29, 1.82) is 0 Å². The summed E-state index contributed by atoms with van der Waals surface area (Å²) in [6.07, 6.45) is -4.42. The second-order valence-corrected chi connectivity index (χ2v) is 5.28. The standard InChI is InChI=1S/C14H19F3N2O/c1-9(2)10-5-11(14(15,16)17)7-12(6-10)18-13(20)8-19(3)4/h5-7,9H,8H2,1-4H3,(H,18,20). The lowest BCUT2D eigenvalue weighted by atomic mass is 9.99. The fourth-order valence-corrected chi connectivity index (χ4v) is 1.71. The molecule has 0 bridgehead atoms. The monoisotopic (exact) mass is 288 g/mol. The molecule has 0 spiro atoms. The van der Waals surface area contributed by atoms with Crippen LogP contribution in [0.5, 0.6) is 0 Å².